The summed E-state index contributed by atoms with van der Waals surface area (Å²) >= 11 is 0. The number of nitrogens with one attached hydrogen (secondary N) is 2. The van der Waals surface area contributed by atoms with Gasteiger partial charge in [0.1, 0.15) is 18.2 Å². The van der Waals surface area contributed by atoms with Crippen molar-refractivity contribution in [1.29, 1.82) is 0 Å². The number of hydrogen-bond acceptors (Lipinski definition) is 4. The largest absolute Gasteiger partial charge is 0.480 e. The van der Waals surface area contributed by atoms with E-state index in [1.165, 1.54) is 0 Å². The molecule has 0 radical (unpaired) electrons. The number of ether oxygens (including phenoxy) is 1. The SMILES string of the molecule is CC(C)C[C@H](NC(=O)C1(NC(=O)OCC2c3ccccc3-c3ccccc32)CC1)C(=O)O. The van der Waals surface area contributed by atoms with Gasteiger partial charge in [0.2, 0.25) is 5.91 Å². The van der Waals surface area contributed by atoms with Crippen molar-refractivity contribution in [2.45, 2.75) is 50.6 Å². The van der Waals surface area contributed by atoms with E-state index in [2.05, 4.69) is 22.8 Å². The zero-order valence-corrected chi connectivity index (χ0v) is 18.3. The lowest BCUT2D eigenvalue weighted by Crippen LogP contribution is -2.53. The second-order valence-electron chi connectivity index (χ2n) is 9.03. The number of aliphatic carboxylic acids is 1. The lowest BCUT2D eigenvalue weighted by molar-refractivity contribution is -0.142. The van der Waals surface area contributed by atoms with E-state index in [-0.39, 0.29) is 18.4 Å². The average Bonchev–Trinajstić information content (AvgIpc) is 3.47. The predicted molar refractivity (Wildman–Crippen MR) is 119 cm³/mol. The molecule has 3 N–H and O–H groups in total. The molecule has 0 spiro atoms. The molecule has 2 aromatic carbocycles. The number of carboxylic acid groups (broad SMARTS) is 1. The molecule has 2 aliphatic rings. The van der Waals surface area contributed by atoms with Gasteiger partial charge >= 0.3 is 12.1 Å². The zero-order valence-electron chi connectivity index (χ0n) is 18.3. The fourth-order valence-corrected chi connectivity index (χ4v) is 4.35. The third-order valence-electron chi connectivity index (χ3n) is 6.18. The highest BCUT2D eigenvalue weighted by atomic mass is 16.5. The van der Waals surface area contributed by atoms with Gasteiger partial charge in [-0.3, -0.25) is 4.79 Å². The fourth-order valence-electron chi connectivity index (χ4n) is 4.35. The maximum absolute atomic E-state index is 12.7. The van der Waals surface area contributed by atoms with E-state index in [4.69, 9.17) is 4.74 Å². The van der Waals surface area contributed by atoms with Gasteiger partial charge in [0.15, 0.2) is 0 Å². The van der Waals surface area contributed by atoms with Gasteiger partial charge in [0.05, 0.1) is 0 Å². The molecule has 0 unspecified atom stereocenters. The Morgan fingerprint density at radius 2 is 1.59 bits per heavy atom. The molecule has 168 valence electrons. The topological polar surface area (TPSA) is 105 Å². The molecule has 1 fully saturated rings. The first-order valence-electron chi connectivity index (χ1n) is 11.0. The van der Waals surface area contributed by atoms with Crippen LogP contribution in [0.1, 0.15) is 50.2 Å². The summed E-state index contributed by atoms with van der Waals surface area (Å²) < 4.78 is 5.54. The van der Waals surface area contributed by atoms with Gasteiger partial charge < -0.3 is 20.5 Å². The van der Waals surface area contributed by atoms with E-state index >= 15 is 0 Å². The molecule has 2 amide bonds. The standard InChI is InChI=1S/C25H28N2O5/c1-15(2)13-21(22(28)29)26-23(30)25(11-12-25)27-24(31)32-14-20-18-9-5-3-7-16(18)17-8-4-6-10-19(17)20/h3-10,15,20-21H,11-14H2,1-2H3,(H,26,30)(H,27,31)(H,28,29)/t21-/m0/s1. The molecule has 0 saturated heterocycles. The second-order valence-corrected chi connectivity index (χ2v) is 9.03. The normalized spacial score (nSPS) is 16.6. The van der Waals surface area contributed by atoms with E-state index < -0.39 is 29.6 Å². The summed E-state index contributed by atoms with van der Waals surface area (Å²) in [6, 6.07) is 15.1. The van der Waals surface area contributed by atoms with Crippen LogP contribution in [-0.2, 0) is 14.3 Å². The van der Waals surface area contributed by atoms with Gasteiger partial charge in [0.25, 0.3) is 0 Å². The number of benzene rings is 2. The van der Waals surface area contributed by atoms with Gasteiger partial charge in [-0.15, -0.1) is 0 Å². The van der Waals surface area contributed by atoms with Crippen molar-refractivity contribution in [3.05, 3.63) is 59.7 Å². The van der Waals surface area contributed by atoms with Gasteiger partial charge in [-0.05, 0) is 47.4 Å². The molecule has 7 heteroatoms. The van der Waals surface area contributed by atoms with E-state index in [0.717, 1.165) is 22.3 Å². The minimum Gasteiger partial charge on any atom is -0.480 e. The molecule has 32 heavy (non-hydrogen) atoms. The van der Waals surface area contributed by atoms with Gasteiger partial charge in [0, 0.05) is 5.92 Å². The average molecular weight is 437 g/mol. The minimum absolute atomic E-state index is 0.0698. The number of alkyl carbamates (subject to hydrolysis) is 1. The van der Waals surface area contributed by atoms with Crippen molar-refractivity contribution in [2.75, 3.05) is 6.61 Å². The Kier molecular flexibility index (Phi) is 5.91. The quantitative estimate of drug-likeness (QED) is 0.586. The first-order chi connectivity index (χ1) is 15.3. The van der Waals surface area contributed by atoms with Crippen LogP contribution >= 0.6 is 0 Å². The number of hydrogen-bond donors (Lipinski definition) is 3. The Labute approximate surface area is 187 Å². The Morgan fingerprint density at radius 1 is 1.03 bits per heavy atom. The molecule has 1 saturated carbocycles. The Balaban J connectivity index is 1.38. The maximum atomic E-state index is 12.7. The molecular weight excluding hydrogens is 408 g/mol. The second kappa shape index (κ2) is 8.65. The molecule has 2 aromatic rings. The monoisotopic (exact) mass is 436 g/mol. The minimum atomic E-state index is -1.09. The number of carbonyl (C=O) groups excluding carboxylic acids is 2. The van der Waals surface area contributed by atoms with Crippen LogP contribution in [-0.4, -0.2) is 41.3 Å². The molecule has 0 aromatic heterocycles. The van der Waals surface area contributed by atoms with Crippen LogP contribution in [0.15, 0.2) is 48.5 Å². The number of amides is 2. The lowest BCUT2D eigenvalue weighted by atomic mass is 9.98. The lowest BCUT2D eigenvalue weighted by Gasteiger charge is -2.22. The van der Waals surface area contributed by atoms with Crippen LogP contribution in [0.5, 0.6) is 0 Å². The number of carboxylic acids is 1. The van der Waals surface area contributed by atoms with Crippen LogP contribution in [0, 0.1) is 5.92 Å². The fraction of sp³-hybridized carbons (Fsp3) is 0.400. The summed E-state index contributed by atoms with van der Waals surface area (Å²) in [6.45, 7) is 3.94. The van der Waals surface area contributed by atoms with Crippen molar-refractivity contribution in [2.24, 2.45) is 5.92 Å². The third kappa shape index (κ3) is 4.33. The van der Waals surface area contributed by atoms with Crippen LogP contribution in [0.4, 0.5) is 4.79 Å². The molecule has 1 atom stereocenters. The van der Waals surface area contributed by atoms with Crippen molar-refractivity contribution < 1.29 is 24.2 Å². The molecule has 2 aliphatic carbocycles. The van der Waals surface area contributed by atoms with Crippen LogP contribution in [0.25, 0.3) is 11.1 Å². The molecule has 0 bridgehead atoms. The predicted octanol–water partition coefficient (Wildman–Crippen LogP) is 3.67. The van der Waals surface area contributed by atoms with Crippen LogP contribution in [0.3, 0.4) is 0 Å². The smallest absolute Gasteiger partial charge is 0.408 e. The van der Waals surface area contributed by atoms with Gasteiger partial charge in [-0.25, -0.2) is 9.59 Å². The summed E-state index contributed by atoms with van der Waals surface area (Å²) in [5.41, 5.74) is 3.41. The van der Waals surface area contributed by atoms with Gasteiger partial charge in [-0.1, -0.05) is 62.4 Å². The number of rotatable bonds is 8. The zero-order chi connectivity index (χ0) is 22.9. The molecule has 0 aliphatic heterocycles. The summed E-state index contributed by atoms with van der Waals surface area (Å²) in [6.07, 6.45) is 0.561. The van der Waals surface area contributed by atoms with Crippen molar-refractivity contribution in [3.8, 4) is 11.1 Å². The molecular formula is C25H28N2O5. The van der Waals surface area contributed by atoms with Crippen molar-refractivity contribution in [3.63, 3.8) is 0 Å². The third-order valence-corrected chi connectivity index (χ3v) is 6.18. The van der Waals surface area contributed by atoms with Crippen LogP contribution in [0.2, 0.25) is 0 Å². The maximum Gasteiger partial charge on any atom is 0.408 e. The summed E-state index contributed by atoms with van der Waals surface area (Å²) in [4.78, 5) is 36.7. The highest BCUT2D eigenvalue weighted by Crippen LogP contribution is 2.44. The Bertz CT molecular complexity index is 999. The number of carbonyl (C=O) groups is 3. The summed E-state index contributed by atoms with van der Waals surface area (Å²) in [7, 11) is 0. The van der Waals surface area contributed by atoms with Crippen molar-refractivity contribution in [1.82, 2.24) is 10.6 Å². The molecule has 0 heterocycles. The highest BCUT2D eigenvalue weighted by Gasteiger charge is 2.52. The van der Waals surface area contributed by atoms with Crippen molar-refractivity contribution >= 4 is 18.0 Å². The van der Waals surface area contributed by atoms with Crippen LogP contribution < -0.4 is 10.6 Å². The highest BCUT2D eigenvalue weighted by molar-refractivity contribution is 5.95. The first kappa shape index (κ1) is 21.9. The van der Waals surface area contributed by atoms with E-state index in [1.54, 1.807) is 0 Å². The number of fused-ring (bicyclic) bond motifs is 3. The Morgan fingerprint density at radius 3 is 2.09 bits per heavy atom. The van der Waals surface area contributed by atoms with E-state index in [9.17, 15) is 19.5 Å². The Hall–Kier alpha value is -3.35. The summed E-state index contributed by atoms with van der Waals surface area (Å²) in [5.74, 6) is -1.51. The first-order valence-corrected chi connectivity index (χ1v) is 11.0. The summed E-state index contributed by atoms with van der Waals surface area (Å²) in [5, 5.41) is 14.6. The van der Waals surface area contributed by atoms with E-state index in [0.29, 0.717) is 19.3 Å². The van der Waals surface area contributed by atoms with E-state index in [1.807, 2.05) is 50.2 Å². The van der Waals surface area contributed by atoms with Gasteiger partial charge in [-0.2, -0.15) is 0 Å². The molecule has 4 rings (SSSR count). The molecule has 7 nitrogen and oxygen atoms in total.